The van der Waals surface area contributed by atoms with Crippen molar-refractivity contribution in [1.82, 2.24) is 10.6 Å². The average molecular weight is 241 g/mol. The lowest BCUT2D eigenvalue weighted by Crippen LogP contribution is -2.42. The maximum atomic E-state index is 11.9. The van der Waals surface area contributed by atoms with Crippen LogP contribution >= 0.6 is 0 Å². The van der Waals surface area contributed by atoms with E-state index in [-0.39, 0.29) is 23.8 Å². The van der Waals surface area contributed by atoms with Crippen LogP contribution < -0.4 is 16.4 Å². The number of hydrogen-bond acceptors (Lipinski definition) is 3. The van der Waals surface area contributed by atoms with Crippen LogP contribution in [-0.2, 0) is 9.59 Å². The summed E-state index contributed by atoms with van der Waals surface area (Å²) in [6.45, 7) is 4.56. The van der Waals surface area contributed by atoms with Gasteiger partial charge >= 0.3 is 0 Å². The third kappa shape index (κ3) is 5.17. The smallest absolute Gasteiger partial charge is 0.223 e. The van der Waals surface area contributed by atoms with Crippen molar-refractivity contribution in [1.29, 1.82) is 0 Å². The summed E-state index contributed by atoms with van der Waals surface area (Å²) in [6.07, 6.45) is 2.70. The molecule has 1 aliphatic carbocycles. The lowest BCUT2D eigenvalue weighted by molar-refractivity contribution is -0.127. The highest BCUT2D eigenvalue weighted by molar-refractivity contribution is 5.79. The van der Waals surface area contributed by atoms with Crippen molar-refractivity contribution < 1.29 is 9.59 Å². The van der Waals surface area contributed by atoms with E-state index in [0.29, 0.717) is 19.0 Å². The molecule has 5 heteroatoms. The molecule has 0 aromatic heterocycles. The third-order valence-electron chi connectivity index (χ3n) is 3.15. The van der Waals surface area contributed by atoms with E-state index in [2.05, 4.69) is 17.6 Å². The molecule has 0 saturated heterocycles. The normalized spacial score (nSPS) is 28.5. The van der Waals surface area contributed by atoms with Crippen molar-refractivity contribution in [3.05, 3.63) is 0 Å². The minimum atomic E-state index is -0.0763. The molecule has 2 amide bonds. The van der Waals surface area contributed by atoms with E-state index in [1.807, 2.05) is 0 Å². The first-order chi connectivity index (χ1) is 7.99. The summed E-state index contributed by atoms with van der Waals surface area (Å²) < 4.78 is 0. The minimum Gasteiger partial charge on any atom is -0.355 e. The molecule has 1 rings (SSSR count). The van der Waals surface area contributed by atoms with E-state index in [0.717, 1.165) is 19.3 Å². The first kappa shape index (κ1) is 14.0. The van der Waals surface area contributed by atoms with E-state index in [1.165, 1.54) is 6.92 Å². The molecule has 3 unspecified atom stereocenters. The first-order valence-electron chi connectivity index (χ1n) is 6.26. The molecule has 0 bridgehead atoms. The maximum absolute atomic E-state index is 11.9. The molecule has 1 aliphatic rings. The SMILES string of the molecule is CC(=O)NCCNC(=O)C1CC(C)CC(N)C1. The summed E-state index contributed by atoms with van der Waals surface area (Å²) in [5.41, 5.74) is 5.91. The van der Waals surface area contributed by atoms with Crippen LogP contribution in [0.2, 0.25) is 0 Å². The van der Waals surface area contributed by atoms with Crippen LogP contribution in [0.15, 0.2) is 0 Å². The Morgan fingerprint density at radius 3 is 2.41 bits per heavy atom. The van der Waals surface area contributed by atoms with Crippen molar-refractivity contribution in [2.45, 2.75) is 39.2 Å². The molecule has 0 aromatic rings. The largest absolute Gasteiger partial charge is 0.355 e. The van der Waals surface area contributed by atoms with Crippen LogP contribution in [0.5, 0.6) is 0 Å². The van der Waals surface area contributed by atoms with Crippen molar-refractivity contribution in [3.63, 3.8) is 0 Å². The highest BCUT2D eigenvalue weighted by Gasteiger charge is 2.28. The Hall–Kier alpha value is -1.10. The second-order valence-corrected chi connectivity index (χ2v) is 5.04. The van der Waals surface area contributed by atoms with Crippen LogP contribution in [0.1, 0.15) is 33.1 Å². The van der Waals surface area contributed by atoms with E-state index in [4.69, 9.17) is 5.73 Å². The molecule has 0 aromatic carbocycles. The van der Waals surface area contributed by atoms with Crippen LogP contribution in [0.25, 0.3) is 0 Å². The van der Waals surface area contributed by atoms with Gasteiger partial charge in [0, 0.05) is 32.0 Å². The molecule has 0 radical (unpaired) electrons. The first-order valence-corrected chi connectivity index (χ1v) is 6.26. The minimum absolute atomic E-state index is 0.0334. The fourth-order valence-electron chi connectivity index (χ4n) is 2.44. The monoisotopic (exact) mass is 241 g/mol. The average Bonchev–Trinajstić information content (AvgIpc) is 2.22. The van der Waals surface area contributed by atoms with Crippen LogP contribution in [0, 0.1) is 11.8 Å². The van der Waals surface area contributed by atoms with Gasteiger partial charge in [-0.1, -0.05) is 6.92 Å². The lowest BCUT2D eigenvalue weighted by atomic mass is 9.79. The number of carbonyl (C=O) groups excluding carboxylic acids is 2. The number of nitrogens with one attached hydrogen (secondary N) is 2. The summed E-state index contributed by atoms with van der Waals surface area (Å²) in [5.74, 6) is 0.542. The van der Waals surface area contributed by atoms with E-state index in [1.54, 1.807) is 0 Å². The predicted molar refractivity (Wildman–Crippen MR) is 66.2 cm³/mol. The molecule has 17 heavy (non-hydrogen) atoms. The van der Waals surface area contributed by atoms with Crippen LogP contribution in [0.3, 0.4) is 0 Å². The zero-order chi connectivity index (χ0) is 12.8. The molecule has 0 spiro atoms. The summed E-state index contributed by atoms with van der Waals surface area (Å²) >= 11 is 0. The molecule has 3 atom stereocenters. The fourth-order valence-corrected chi connectivity index (χ4v) is 2.44. The van der Waals surface area contributed by atoms with Gasteiger partial charge in [-0.15, -0.1) is 0 Å². The van der Waals surface area contributed by atoms with Crippen molar-refractivity contribution in [2.24, 2.45) is 17.6 Å². The van der Waals surface area contributed by atoms with Gasteiger partial charge in [-0.2, -0.15) is 0 Å². The maximum Gasteiger partial charge on any atom is 0.223 e. The number of nitrogens with two attached hydrogens (primary N) is 1. The number of carbonyl (C=O) groups is 2. The van der Waals surface area contributed by atoms with Crippen LogP contribution in [0.4, 0.5) is 0 Å². The van der Waals surface area contributed by atoms with Gasteiger partial charge in [0.15, 0.2) is 0 Å². The Bertz CT molecular complexity index is 271. The molecular formula is C12H23N3O2. The van der Waals surface area contributed by atoms with Crippen molar-refractivity contribution in [2.75, 3.05) is 13.1 Å². The van der Waals surface area contributed by atoms with E-state index >= 15 is 0 Å². The number of hydrogen-bond donors (Lipinski definition) is 3. The molecule has 98 valence electrons. The third-order valence-corrected chi connectivity index (χ3v) is 3.15. The Labute approximate surface area is 103 Å². The summed E-state index contributed by atoms with van der Waals surface area (Å²) in [7, 11) is 0. The van der Waals surface area contributed by atoms with Gasteiger partial charge in [-0.05, 0) is 25.2 Å². The zero-order valence-electron chi connectivity index (χ0n) is 10.7. The molecule has 1 saturated carbocycles. The van der Waals surface area contributed by atoms with Crippen molar-refractivity contribution in [3.8, 4) is 0 Å². The summed E-state index contributed by atoms with van der Waals surface area (Å²) in [4.78, 5) is 22.5. The van der Waals surface area contributed by atoms with E-state index < -0.39 is 0 Å². The quantitative estimate of drug-likeness (QED) is 0.606. The molecule has 0 heterocycles. The summed E-state index contributed by atoms with van der Waals surface area (Å²) in [5, 5.41) is 5.48. The van der Waals surface area contributed by atoms with Gasteiger partial charge in [-0.25, -0.2) is 0 Å². The van der Waals surface area contributed by atoms with Gasteiger partial charge in [0.1, 0.15) is 0 Å². The molecule has 0 aliphatic heterocycles. The number of rotatable bonds is 4. The lowest BCUT2D eigenvalue weighted by Gasteiger charge is -2.30. The van der Waals surface area contributed by atoms with Gasteiger partial charge < -0.3 is 16.4 Å². The molecule has 5 nitrogen and oxygen atoms in total. The van der Waals surface area contributed by atoms with Crippen LogP contribution in [-0.4, -0.2) is 30.9 Å². The van der Waals surface area contributed by atoms with Gasteiger partial charge in [0.05, 0.1) is 0 Å². The second-order valence-electron chi connectivity index (χ2n) is 5.04. The molecule has 1 fully saturated rings. The topological polar surface area (TPSA) is 84.2 Å². The molecule has 4 N–H and O–H groups in total. The van der Waals surface area contributed by atoms with Gasteiger partial charge in [0.2, 0.25) is 11.8 Å². The Balaban J connectivity index is 2.24. The highest BCUT2D eigenvalue weighted by Crippen LogP contribution is 2.27. The van der Waals surface area contributed by atoms with Crippen molar-refractivity contribution >= 4 is 11.8 Å². The Kier molecular flexibility index (Phi) is 5.41. The van der Waals surface area contributed by atoms with Gasteiger partial charge in [0.25, 0.3) is 0 Å². The standard InChI is InChI=1S/C12H23N3O2/c1-8-5-10(7-11(13)6-8)12(17)15-4-3-14-9(2)16/h8,10-11H,3-7,13H2,1-2H3,(H,14,16)(H,15,17). The predicted octanol–water partition coefficient (Wildman–Crippen LogP) is 0.00220. The van der Waals surface area contributed by atoms with Gasteiger partial charge in [-0.3, -0.25) is 9.59 Å². The second kappa shape index (κ2) is 6.59. The molecular weight excluding hydrogens is 218 g/mol. The van der Waals surface area contributed by atoms with E-state index in [9.17, 15) is 9.59 Å². The Morgan fingerprint density at radius 1 is 1.18 bits per heavy atom. The zero-order valence-corrected chi connectivity index (χ0v) is 10.7. The highest BCUT2D eigenvalue weighted by atomic mass is 16.2. The Morgan fingerprint density at radius 2 is 1.82 bits per heavy atom. The number of amides is 2. The summed E-state index contributed by atoms with van der Waals surface area (Å²) in [6, 6.07) is 0.143. The fraction of sp³-hybridized carbons (Fsp3) is 0.833.